The van der Waals surface area contributed by atoms with E-state index in [1.54, 1.807) is 6.92 Å². The number of hydrogen-bond acceptors (Lipinski definition) is 7. The third-order valence-corrected chi connectivity index (χ3v) is 4.77. The van der Waals surface area contributed by atoms with Gasteiger partial charge in [0, 0.05) is 5.56 Å². The van der Waals surface area contributed by atoms with Gasteiger partial charge in [0.1, 0.15) is 5.02 Å². The summed E-state index contributed by atoms with van der Waals surface area (Å²) in [6.07, 6.45) is -0.849. The minimum Gasteiger partial charge on any atom is -0.448 e. The highest BCUT2D eigenvalue weighted by Gasteiger charge is 2.25. The molecule has 7 nitrogen and oxygen atoms in total. The summed E-state index contributed by atoms with van der Waals surface area (Å²) in [7, 11) is 0. The average molecular weight is 428 g/mol. The van der Waals surface area contributed by atoms with Gasteiger partial charge in [-0.3, -0.25) is 0 Å². The zero-order chi connectivity index (χ0) is 19.7. The highest BCUT2D eigenvalue weighted by molar-refractivity contribution is 6.46. The topological polar surface area (TPSA) is 104 Å². The minimum atomic E-state index is -0.854. The molecular formula is C17H13Cl3N4O3. The number of aromatic nitrogens is 3. The fourth-order valence-electron chi connectivity index (χ4n) is 2.15. The number of carbonyl (C=O) groups is 1. The molecule has 0 saturated carbocycles. The van der Waals surface area contributed by atoms with E-state index in [9.17, 15) is 4.79 Å². The Bertz CT molecular complexity index is 1010. The number of rotatable bonds is 4. The summed E-state index contributed by atoms with van der Waals surface area (Å²) in [6, 6.07) is 7.55. The molecule has 27 heavy (non-hydrogen) atoms. The molecule has 0 aliphatic carbocycles. The van der Waals surface area contributed by atoms with Crippen LogP contribution >= 0.6 is 34.8 Å². The number of pyridine rings is 1. The fourth-order valence-corrected chi connectivity index (χ4v) is 2.73. The average Bonchev–Trinajstić information content (AvgIpc) is 3.13. The van der Waals surface area contributed by atoms with Crippen molar-refractivity contribution in [3.05, 3.63) is 56.6 Å². The lowest BCUT2D eigenvalue weighted by Gasteiger charge is -2.11. The first-order valence-corrected chi connectivity index (χ1v) is 8.82. The third kappa shape index (κ3) is 4.00. The number of benzene rings is 1. The van der Waals surface area contributed by atoms with Gasteiger partial charge in [-0.25, -0.2) is 9.78 Å². The van der Waals surface area contributed by atoms with Gasteiger partial charge in [-0.1, -0.05) is 52.5 Å². The van der Waals surface area contributed by atoms with Gasteiger partial charge in [0.2, 0.25) is 5.89 Å². The fraction of sp³-hybridized carbons (Fsp3) is 0.176. The molecule has 10 heteroatoms. The molecule has 0 bridgehead atoms. The normalized spacial score (nSPS) is 12.0. The molecule has 2 aromatic heterocycles. The van der Waals surface area contributed by atoms with Crippen molar-refractivity contribution in [1.82, 2.24) is 15.2 Å². The van der Waals surface area contributed by atoms with Crippen LogP contribution in [0, 0.1) is 6.92 Å². The van der Waals surface area contributed by atoms with E-state index in [4.69, 9.17) is 49.7 Å². The van der Waals surface area contributed by atoms with E-state index in [2.05, 4.69) is 15.2 Å². The van der Waals surface area contributed by atoms with E-state index in [0.717, 1.165) is 11.1 Å². The van der Waals surface area contributed by atoms with E-state index in [0.29, 0.717) is 5.89 Å². The lowest BCUT2D eigenvalue weighted by molar-refractivity contribution is 0.0273. The quantitative estimate of drug-likeness (QED) is 0.466. The van der Waals surface area contributed by atoms with Crippen LogP contribution in [0.25, 0.3) is 11.5 Å². The summed E-state index contributed by atoms with van der Waals surface area (Å²) in [4.78, 5) is 16.2. The first-order chi connectivity index (χ1) is 12.8. The summed E-state index contributed by atoms with van der Waals surface area (Å²) in [5, 5.41) is 7.54. The third-order valence-electron chi connectivity index (χ3n) is 3.64. The Morgan fingerprint density at radius 2 is 1.81 bits per heavy atom. The highest BCUT2D eigenvalue weighted by Crippen LogP contribution is 2.35. The van der Waals surface area contributed by atoms with Crippen LogP contribution < -0.4 is 5.73 Å². The number of ether oxygens (including phenoxy) is 1. The standard InChI is InChI=1S/C17H13Cl3N4O3/c1-7-3-5-9(6-4-7)16-24-23-15(27-16)8(2)26-17(25)13-10(18)12(21)11(19)14(20)22-13/h3-6,8H,1-2H3,(H2,21,22). The number of nitrogen functional groups attached to an aromatic ring is 1. The number of esters is 1. The van der Waals surface area contributed by atoms with Gasteiger partial charge < -0.3 is 14.9 Å². The summed E-state index contributed by atoms with van der Waals surface area (Å²) in [5.74, 6) is -0.432. The number of nitrogens with two attached hydrogens (primary N) is 1. The molecule has 0 radical (unpaired) electrons. The number of hydrogen-bond donors (Lipinski definition) is 1. The van der Waals surface area contributed by atoms with E-state index < -0.39 is 12.1 Å². The lowest BCUT2D eigenvalue weighted by atomic mass is 10.1. The monoisotopic (exact) mass is 426 g/mol. The zero-order valence-corrected chi connectivity index (χ0v) is 16.4. The van der Waals surface area contributed by atoms with Crippen LogP contribution in [0.15, 0.2) is 28.7 Å². The molecule has 0 saturated heterocycles. The van der Waals surface area contributed by atoms with E-state index in [1.165, 1.54) is 0 Å². The Balaban J connectivity index is 1.79. The van der Waals surface area contributed by atoms with Gasteiger partial charge >= 0.3 is 5.97 Å². The molecule has 1 atom stereocenters. The molecule has 0 amide bonds. The summed E-state index contributed by atoms with van der Waals surface area (Å²) < 4.78 is 10.9. The molecule has 0 aliphatic rings. The van der Waals surface area contributed by atoms with Crippen LogP contribution in [-0.2, 0) is 4.74 Å². The van der Waals surface area contributed by atoms with Crippen molar-refractivity contribution in [2.45, 2.75) is 20.0 Å². The van der Waals surface area contributed by atoms with Crippen LogP contribution in [0.1, 0.15) is 35.0 Å². The first kappa shape index (κ1) is 19.4. The molecule has 1 unspecified atom stereocenters. The molecule has 2 N–H and O–H groups in total. The molecule has 3 aromatic rings. The molecular weight excluding hydrogens is 415 g/mol. The van der Waals surface area contributed by atoms with E-state index >= 15 is 0 Å². The second-order valence-electron chi connectivity index (χ2n) is 5.65. The van der Waals surface area contributed by atoms with Gasteiger partial charge in [0.05, 0.1) is 10.7 Å². The number of nitrogens with zero attached hydrogens (tertiary/aromatic N) is 3. The van der Waals surface area contributed by atoms with Crippen LogP contribution in [-0.4, -0.2) is 21.2 Å². The second kappa shape index (κ2) is 7.72. The van der Waals surface area contributed by atoms with Gasteiger partial charge in [-0.15, -0.1) is 10.2 Å². The maximum absolute atomic E-state index is 12.4. The maximum Gasteiger partial charge on any atom is 0.359 e. The van der Waals surface area contributed by atoms with Crippen LogP contribution in [0.2, 0.25) is 15.2 Å². The predicted molar refractivity (Wildman–Crippen MR) is 102 cm³/mol. The van der Waals surface area contributed by atoms with Gasteiger partial charge in [-0.05, 0) is 26.0 Å². The molecule has 3 rings (SSSR count). The Kier molecular flexibility index (Phi) is 5.55. The Hall–Kier alpha value is -2.35. The van der Waals surface area contributed by atoms with Crippen LogP contribution in [0.3, 0.4) is 0 Å². The van der Waals surface area contributed by atoms with Crippen molar-refractivity contribution in [2.24, 2.45) is 0 Å². The van der Waals surface area contributed by atoms with Crippen molar-refractivity contribution in [2.75, 3.05) is 5.73 Å². The van der Waals surface area contributed by atoms with Gasteiger partial charge in [0.25, 0.3) is 5.89 Å². The van der Waals surface area contributed by atoms with E-state index in [1.807, 2.05) is 31.2 Å². The largest absolute Gasteiger partial charge is 0.448 e. The van der Waals surface area contributed by atoms with E-state index in [-0.39, 0.29) is 32.5 Å². The highest BCUT2D eigenvalue weighted by atomic mass is 35.5. The zero-order valence-electron chi connectivity index (χ0n) is 14.2. The van der Waals surface area contributed by atoms with Gasteiger partial charge in [-0.2, -0.15) is 0 Å². The van der Waals surface area contributed by atoms with Crippen LogP contribution in [0.5, 0.6) is 0 Å². The minimum absolute atomic E-state index is 0.0362. The van der Waals surface area contributed by atoms with Crippen molar-refractivity contribution in [3.63, 3.8) is 0 Å². The first-order valence-electron chi connectivity index (χ1n) is 7.69. The molecule has 140 valence electrons. The number of aryl methyl sites for hydroxylation is 1. The summed E-state index contributed by atoms with van der Waals surface area (Å²) in [6.45, 7) is 3.54. The number of halogens is 3. The molecule has 0 aliphatic heterocycles. The molecule has 0 spiro atoms. The van der Waals surface area contributed by atoms with Crippen molar-refractivity contribution in [1.29, 1.82) is 0 Å². The Morgan fingerprint density at radius 1 is 1.15 bits per heavy atom. The molecule has 0 fully saturated rings. The van der Waals surface area contributed by atoms with Gasteiger partial charge in [0.15, 0.2) is 17.0 Å². The van der Waals surface area contributed by atoms with Crippen LogP contribution in [0.4, 0.5) is 5.69 Å². The number of carbonyl (C=O) groups excluding carboxylic acids is 1. The number of anilines is 1. The van der Waals surface area contributed by atoms with Crippen molar-refractivity contribution in [3.8, 4) is 11.5 Å². The molecule has 2 heterocycles. The summed E-state index contributed by atoms with van der Waals surface area (Å²) in [5.41, 5.74) is 7.24. The van der Waals surface area contributed by atoms with Crippen molar-refractivity contribution < 1.29 is 13.9 Å². The second-order valence-corrected chi connectivity index (χ2v) is 6.77. The SMILES string of the molecule is Cc1ccc(-c2nnc(C(C)OC(=O)c3nc(Cl)c(Cl)c(N)c3Cl)o2)cc1. The Morgan fingerprint density at radius 3 is 2.48 bits per heavy atom. The van der Waals surface area contributed by atoms with Crippen molar-refractivity contribution >= 4 is 46.5 Å². The Labute approximate surface area is 169 Å². The maximum atomic E-state index is 12.4. The lowest BCUT2D eigenvalue weighted by Crippen LogP contribution is -2.13. The summed E-state index contributed by atoms with van der Waals surface area (Å²) >= 11 is 17.7. The molecule has 1 aromatic carbocycles. The smallest absolute Gasteiger partial charge is 0.359 e. The predicted octanol–water partition coefficient (Wildman–Crippen LogP) is 4.90.